The molecule has 1 atom stereocenters. The maximum Gasteiger partial charge on any atom is 0.129 e. The third-order valence-corrected chi connectivity index (χ3v) is 3.54. The Balaban J connectivity index is 2.44. The minimum Gasteiger partial charge on any atom is -0.385 e. The van der Waals surface area contributed by atoms with Crippen molar-refractivity contribution >= 4 is 5.82 Å². The molecule has 3 heteroatoms. The molecule has 1 aliphatic rings. The number of hydrogen-bond donors (Lipinski definition) is 2. The summed E-state index contributed by atoms with van der Waals surface area (Å²) < 4.78 is 0. The Hall–Kier alpha value is -1.09. The third kappa shape index (κ3) is 1.20. The molecule has 0 spiro atoms. The monoisotopic (exact) mass is 192 g/mol. The van der Waals surface area contributed by atoms with Crippen LogP contribution in [0.2, 0.25) is 0 Å². The molecule has 0 bridgehead atoms. The molecule has 0 amide bonds. The highest BCUT2D eigenvalue weighted by Crippen LogP contribution is 2.58. The number of aliphatic hydroxyl groups is 1. The molecule has 76 valence electrons. The average Bonchev–Trinajstić information content (AvgIpc) is 2.86. The Kier molecular flexibility index (Phi) is 1.83. The van der Waals surface area contributed by atoms with E-state index in [1.807, 2.05) is 19.1 Å². The van der Waals surface area contributed by atoms with Crippen LogP contribution >= 0.6 is 0 Å². The smallest absolute Gasteiger partial charge is 0.129 e. The highest BCUT2D eigenvalue weighted by Gasteiger charge is 2.53. The van der Waals surface area contributed by atoms with Crippen molar-refractivity contribution in [1.82, 2.24) is 4.98 Å². The van der Waals surface area contributed by atoms with Gasteiger partial charge in [0.15, 0.2) is 0 Å². The van der Waals surface area contributed by atoms with Crippen molar-refractivity contribution in [2.24, 2.45) is 5.41 Å². The lowest BCUT2D eigenvalue weighted by Gasteiger charge is -2.31. The number of aromatic nitrogens is 1. The zero-order valence-corrected chi connectivity index (χ0v) is 8.62. The number of rotatable bonds is 2. The maximum absolute atomic E-state index is 10.4. The number of pyridine rings is 1. The number of nitrogen functional groups attached to an aromatic ring is 1. The van der Waals surface area contributed by atoms with Gasteiger partial charge in [-0.25, -0.2) is 4.98 Å². The first-order valence-electron chi connectivity index (χ1n) is 4.91. The highest BCUT2D eigenvalue weighted by molar-refractivity contribution is 5.44. The van der Waals surface area contributed by atoms with Crippen molar-refractivity contribution in [3.8, 4) is 0 Å². The molecule has 0 aliphatic heterocycles. The van der Waals surface area contributed by atoms with Crippen LogP contribution in [0.1, 0.15) is 32.3 Å². The summed E-state index contributed by atoms with van der Waals surface area (Å²) in [5, 5.41) is 10.4. The summed E-state index contributed by atoms with van der Waals surface area (Å²) in [4.78, 5) is 4.00. The molecule has 1 fully saturated rings. The van der Waals surface area contributed by atoms with E-state index in [1.54, 1.807) is 6.20 Å². The molecular weight excluding hydrogens is 176 g/mol. The van der Waals surface area contributed by atoms with Gasteiger partial charge < -0.3 is 10.8 Å². The van der Waals surface area contributed by atoms with Crippen LogP contribution < -0.4 is 5.73 Å². The van der Waals surface area contributed by atoms with E-state index in [0.29, 0.717) is 5.82 Å². The first-order chi connectivity index (χ1) is 6.47. The number of hydrogen-bond acceptors (Lipinski definition) is 3. The summed E-state index contributed by atoms with van der Waals surface area (Å²) >= 11 is 0. The van der Waals surface area contributed by atoms with E-state index < -0.39 is 5.60 Å². The fraction of sp³-hybridized carbons (Fsp3) is 0.545. The van der Waals surface area contributed by atoms with Crippen molar-refractivity contribution in [3.63, 3.8) is 0 Å². The van der Waals surface area contributed by atoms with Gasteiger partial charge in [0.1, 0.15) is 5.82 Å². The molecular formula is C11H16N2O. The van der Waals surface area contributed by atoms with E-state index in [1.165, 1.54) is 0 Å². The van der Waals surface area contributed by atoms with Gasteiger partial charge in [0, 0.05) is 17.2 Å². The molecule has 1 aromatic heterocycles. The van der Waals surface area contributed by atoms with Crippen LogP contribution in [0.3, 0.4) is 0 Å². The lowest BCUT2D eigenvalue weighted by Crippen LogP contribution is -2.32. The van der Waals surface area contributed by atoms with Gasteiger partial charge in [-0.2, -0.15) is 0 Å². The maximum atomic E-state index is 10.4. The molecule has 3 nitrogen and oxygen atoms in total. The molecule has 1 aliphatic carbocycles. The summed E-state index contributed by atoms with van der Waals surface area (Å²) in [5.74, 6) is 0.436. The molecule has 14 heavy (non-hydrogen) atoms. The van der Waals surface area contributed by atoms with E-state index >= 15 is 0 Å². The van der Waals surface area contributed by atoms with Crippen LogP contribution in [0.5, 0.6) is 0 Å². The van der Waals surface area contributed by atoms with Gasteiger partial charge in [-0.15, -0.1) is 0 Å². The van der Waals surface area contributed by atoms with E-state index in [9.17, 15) is 5.11 Å². The van der Waals surface area contributed by atoms with E-state index in [4.69, 9.17) is 5.73 Å². The standard InChI is InChI=1S/C11H16N2O/c1-10(5-6-10)11(2,14)8-4-3-7-13-9(8)12/h3-4,7,14H,5-6H2,1-2H3,(H2,12,13). The van der Waals surface area contributed by atoms with Gasteiger partial charge >= 0.3 is 0 Å². The Morgan fingerprint density at radius 2 is 2.21 bits per heavy atom. The van der Waals surface area contributed by atoms with Gasteiger partial charge in [0.05, 0.1) is 5.60 Å². The SMILES string of the molecule is CC1(C(C)(O)c2cccnc2N)CC1. The van der Waals surface area contributed by atoms with Crippen molar-refractivity contribution in [1.29, 1.82) is 0 Å². The van der Waals surface area contributed by atoms with Gasteiger partial charge in [0.2, 0.25) is 0 Å². The Morgan fingerprint density at radius 3 is 2.71 bits per heavy atom. The fourth-order valence-electron chi connectivity index (χ4n) is 1.83. The molecule has 2 rings (SSSR count). The lowest BCUT2D eigenvalue weighted by atomic mass is 9.81. The van der Waals surface area contributed by atoms with Crippen molar-refractivity contribution in [3.05, 3.63) is 23.9 Å². The fourth-order valence-corrected chi connectivity index (χ4v) is 1.83. The molecule has 1 heterocycles. The van der Waals surface area contributed by atoms with Crippen molar-refractivity contribution in [2.45, 2.75) is 32.3 Å². The first kappa shape index (κ1) is 9.46. The van der Waals surface area contributed by atoms with Crippen LogP contribution in [0.25, 0.3) is 0 Å². The van der Waals surface area contributed by atoms with Gasteiger partial charge in [0.25, 0.3) is 0 Å². The molecule has 1 unspecified atom stereocenters. The van der Waals surface area contributed by atoms with Gasteiger partial charge in [-0.3, -0.25) is 0 Å². The molecule has 0 aromatic carbocycles. The Morgan fingerprint density at radius 1 is 1.57 bits per heavy atom. The number of nitrogens with two attached hydrogens (primary N) is 1. The van der Waals surface area contributed by atoms with Crippen LogP contribution in [-0.4, -0.2) is 10.1 Å². The van der Waals surface area contributed by atoms with Crippen LogP contribution in [0.15, 0.2) is 18.3 Å². The van der Waals surface area contributed by atoms with Crippen LogP contribution in [0, 0.1) is 5.41 Å². The Bertz CT molecular complexity index is 356. The van der Waals surface area contributed by atoms with E-state index in [2.05, 4.69) is 11.9 Å². The minimum absolute atomic E-state index is 0.0237. The zero-order valence-electron chi connectivity index (χ0n) is 8.62. The summed E-state index contributed by atoms with van der Waals surface area (Å²) in [6.45, 7) is 3.91. The number of anilines is 1. The average molecular weight is 192 g/mol. The van der Waals surface area contributed by atoms with Crippen LogP contribution in [0.4, 0.5) is 5.82 Å². The molecule has 3 N–H and O–H groups in total. The lowest BCUT2D eigenvalue weighted by molar-refractivity contribution is -0.0121. The predicted molar refractivity (Wildman–Crippen MR) is 55.6 cm³/mol. The summed E-state index contributed by atoms with van der Waals surface area (Å²) in [5.41, 5.74) is 5.63. The third-order valence-electron chi connectivity index (χ3n) is 3.54. The molecule has 1 aromatic rings. The minimum atomic E-state index is -0.856. The normalized spacial score (nSPS) is 22.8. The highest BCUT2D eigenvalue weighted by atomic mass is 16.3. The Labute approximate surface area is 84.0 Å². The van der Waals surface area contributed by atoms with Crippen molar-refractivity contribution < 1.29 is 5.11 Å². The second-order valence-electron chi connectivity index (χ2n) is 4.57. The molecule has 0 radical (unpaired) electrons. The summed E-state index contributed by atoms with van der Waals surface area (Å²) in [6, 6.07) is 3.66. The van der Waals surface area contributed by atoms with E-state index in [0.717, 1.165) is 18.4 Å². The van der Waals surface area contributed by atoms with E-state index in [-0.39, 0.29) is 5.41 Å². The van der Waals surface area contributed by atoms with Gasteiger partial charge in [-0.1, -0.05) is 13.0 Å². The molecule has 1 saturated carbocycles. The predicted octanol–water partition coefficient (Wildman–Crippen LogP) is 1.67. The zero-order chi connectivity index (χ0) is 10.4. The second kappa shape index (κ2) is 2.70. The van der Waals surface area contributed by atoms with Crippen molar-refractivity contribution in [2.75, 3.05) is 5.73 Å². The van der Waals surface area contributed by atoms with Crippen LogP contribution in [-0.2, 0) is 5.60 Å². The second-order valence-corrected chi connectivity index (χ2v) is 4.57. The summed E-state index contributed by atoms with van der Waals surface area (Å²) in [6.07, 6.45) is 3.74. The first-order valence-corrected chi connectivity index (χ1v) is 4.91. The number of nitrogens with zero attached hydrogens (tertiary/aromatic N) is 1. The summed E-state index contributed by atoms with van der Waals surface area (Å²) in [7, 11) is 0. The largest absolute Gasteiger partial charge is 0.385 e. The topological polar surface area (TPSA) is 59.1 Å². The quantitative estimate of drug-likeness (QED) is 0.749. The molecule has 0 saturated heterocycles. The van der Waals surface area contributed by atoms with Gasteiger partial charge in [-0.05, 0) is 25.8 Å².